The summed E-state index contributed by atoms with van der Waals surface area (Å²) >= 11 is 0. The molecule has 1 atom stereocenters. The van der Waals surface area contributed by atoms with Crippen LogP contribution in [0.1, 0.15) is 49.7 Å². The Bertz CT molecular complexity index is 1170. The van der Waals surface area contributed by atoms with Gasteiger partial charge in [0.25, 0.3) is 11.8 Å². The topological polar surface area (TPSA) is 106 Å². The van der Waals surface area contributed by atoms with Crippen molar-refractivity contribution in [1.29, 1.82) is 0 Å². The first-order valence-corrected chi connectivity index (χ1v) is 11.6. The van der Waals surface area contributed by atoms with Crippen LogP contribution in [-0.2, 0) is 4.74 Å². The lowest BCUT2D eigenvalue weighted by molar-refractivity contribution is -0.274. The third-order valence-electron chi connectivity index (χ3n) is 5.35. The van der Waals surface area contributed by atoms with Gasteiger partial charge in [0.1, 0.15) is 29.7 Å². The lowest BCUT2D eigenvalue weighted by Gasteiger charge is -2.39. The number of aryl methyl sites for hydroxylation is 1. The molecule has 2 aromatic heterocycles. The van der Waals surface area contributed by atoms with Gasteiger partial charge in [-0.15, -0.1) is 13.2 Å². The maximum Gasteiger partial charge on any atom is 0.573 e. The number of hydrogen-bond donors (Lipinski definition) is 2. The SMILES string of the molecule is Cc1ccc(Nc2cc(OC(F)(F)F)ccn2)nc1C(=O)N1CC(F)(F)CC[C@@H]1COC(=O)NC(C)(C)C. The van der Waals surface area contributed by atoms with Crippen LogP contribution in [0.2, 0.25) is 0 Å². The van der Waals surface area contributed by atoms with Crippen molar-refractivity contribution in [3.63, 3.8) is 0 Å². The zero-order valence-electron chi connectivity index (χ0n) is 21.2. The highest BCUT2D eigenvalue weighted by Crippen LogP contribution is 2.32. The highest BCUT2D eigenvalue weighted by Gasteiger charge is 2.43. The molecule has 208 valence electrons. The van der Waals surface area contributed by atoms with Crippen LogP contribution in [0, 0.1) is 6.92 Å². The second-order valence-electron chi connectivity index (χ2n) is 9.87. The summed E-state index contributed by atoms with van der Waals surface area (Å²) in [5.41, 5.74) is -0.352. The van der Waals surface area contributed by atoms with Crippen molar-refractivity contribution in [3.8, 4) is 5.75 Å². The Hall–Kier alpha value is -3.71. The molecular weight excluding hydrogens is 517 g/mol. The molecule has 2 amide bonds. The summed E-state index contributed by atoms with van der Waals surface area (Å²) in [6.45, 7) is 5.61. The molecule has 1 saturated heterocycles. The van der Waals surface area contributed by atoms with Gasteiger partial charge in [0.2, 0.25) is 0 Å². The number of amides is 2. The van der Waals surface area contributed by atoms with Crippen LogP contribution in [0.15, 0.2) is 30.5 Å². The summed E-state index contributed by atoms with van der Waals surface area (Å²) in [6, 6.07) is 4.13. The molecule has 0 aromatic carbocycles. The van der Waals surface area contributed by atoms with Gasteiger partial charge in [0.05, 0.1) is 12.6 Å². The number of alkyl carbamates (subject to hydrolysis) is 1. The molecule has 9 nitrogen and oxygen atoms in total. The van der Waals surface area contributed by atoms with Crippen LogP contribution in [0.3, 0.4) is 0 Å². The largest absolute Gasteiger partial charge is 0.573 e. The molecule has 0 bridgehead atoms. The van der Waals surface area contributed by atoms with Crippen molar-refractivity contribution in [2.75, 3.05) is 18.5 Å². The van der Waals surface area contributed by atoms with Gasteiger partial charge < -0.3 is 25.0 Å². The molecule has 1 fully saturated rings. The number of halogens is 5. The average Bonchev–Trinajstić information content (AvgIpc) is 2.76. The lowest BCUT2D eigenvalue weighted by atomic mass is 9.98. The van der Waals surface area contributed by atoms with Gasteiger partial charge in [0, 0.05) is 24.2 Å². The molecule has 0 saturated carbocycles. The maximum absolute atomic E-state index is 14.3. The van der Waals surface area contributed by atoms with Crippen molar-refractivity contribution in [2.45, 2.75) is 64.4 Å². The number of piperidine rings is 1. The van der Waals surface area contributed by atoms with Crippen molar-refractivity contribution in [2.24, 2.45) is 0 Å². The van der Waals surface area contributed by atoms with Crippen LogP contribution in [-0.4, -0.2) is 63.9 Å². The monoisotopic (exact) mass is 545 g/mol. The number of anilines is 2. The van der Waals surface area contributed by atoms with Crippen LogP contribution in [0.4, 0.5) is 38.4 Å². The molecule has 2 N–H and O–H groups in total. The second kappa shape index (κ2) is 11.0. The Balaban J connectivity index is 1.80. The van der Waals surface area contributed by atoms with E-state index in [2.05, 4.69) is 25.3 Å². The predicted octanol–water partition coefficient (Wildman–Crippen LogP) is 5.19. The molecule has 14 heteroatoms. The summed E-state index contributed by atoms with van der Waals surface area (Å²) < 4.78 is 75.2. The Morgan fingerprint density at radius 2 is 1.87 bits per heavy atom. The third kappa shape index (κ3) is 8.42. The van der Waals surface area contributed by atoms with Gasteiger partial charge in [-0.25, -0.2) is 23.5 Å². The summed E-state index contributed by atoms with van der Waals surface area (Å²) in [5, 5.41) is 5.27. The fourth-order valence-corrected chi connectivity index (χ4v) is 3.67. The Morgan fingerprint density at radius 1 is 1.16 bits per heavy atom. The van der Waals surface area contributed by atoms with E-state index in [0.717, 1.165) is 23.2 Å². The Morgan fingerprint density at radius 3 is 2.53 bits per heavy atom. The number of alkyl halides is 5. The number of nitrogens with one attached hydrogen (secondary N) is 2. The second-order valence-corrected chi connectivity index (χ2v) is 9.87. The molecule has 0 unspecified atom stereocenters. The van der Waals surface area contributed by atoms with Crippen molar-refractivity contribution in [1.82, 2.24) is 20.2 Å². The normalized spacial score (nSPS) is 17.5. The lowest BCUT2D eigenvalue weighted by Crippen LogP contribution is -2.54. The fourth-order valence-electron chi connectivity index (χ4n) is 3.67. The van der Waals surface area contributed by atoms with Crippen LogP contribution >= 0.6 is 0 Å². The molecule has 38 heavy (non-hydrogen) atoms. The van der Waals surface area contributed by atoms with E-state index in [1.165, 1.54) is 12.1 Å². The number of carbonyl (C=O) groups excluding carboxylic acids is 2. The van der Waals surface area contributed by atoms with Gasteiger partial charge in [0.15, 0.2) is 0 Å². The fraction of sp³-hybridized carbons (Fsp3) is 0.500. The molecule has 0 radical (unpaired) electrons. The first kappa shape index (κ1) is 28.9. The Labute approximate surface area is 215 Å². The third-order valence-corrected chi connectivity index (χ3v) is 5.35. The zero-order chi connectivity index (χ0) is 28.3. The molecule has 1 aliphatic heterocycles. The standard InChI is InChI=1S/C24H28F5N5O4/c1-14-5-6-17(31-18-11-16(8-10-30-18)38-24(27,28)29)32-19(14)20(35)34-13-23(25,26)9-7-15(34)12-37-21(36)33-22(2,3)4/h5-6,8,10-11,15H,7,9,12-13H2,1-4H3,(H,33,36)(H,30,31,32)/t15-/m1/s1. The predicted molar refractivity (Wildman–Crippen MR) is 126 cm³/mol. The number of likely N-dealkylation sites (tertiary alicyclic amines) is 1. The van der Waals surface area contributed by atoms with Crippen LogP contribution in [0.5, 0.6) is 5.75 Å². The van der Waals surface area contributed by atoms with Gasteiger partial charge >= 0.3 is 12.5 Å². The molecule has 0 spiro atoms. The van der Waals surface area contributed by atoms with E-state index >= 15 is 0 Å². The molecule has 3 rings (SSSR count). The van der Waals surface area contributed by atoms with Crippen LogP contribution in [0.25, 0.3) is 0 Å². The van der Waals surface area contributed by atoms with E-state index in [9.17, 15) is 31.5 Å². The molecule has 3 heterocycles. The van der Waals surface area contributed by atoms with E-state index < -0.39 is 54.6 Å². The van der Waals surface area contributed by atoms with Crippen molar-refractivity contribution in [3.05, 3.63) is 41.7 Å². The van der Waals surface area contributed by atoms with Crippen molar-refractivity contribution >= 4 is 23.6 Å². The summed E-state index contributed by atoms with van der Waals surface area (Å²) in [5.74, 6) is -4.49. The molecular formula is C24H28F5N5O4. The minimum absolute atomic E-state index is 0.0386. The number of hydrogen-bond acceptors (Lipinski definition) is 7. The summed E-state index contributed by atoms with van der Waals surface area (Å²) in [7, 11) is 0. The highest BCUT2D eigenvalue weighted by atomic mass is 19.4. The van der Waals surface area contributed by atoms with E-state index in [1.54, 1.807) is 27.7 Å². The number of pyridine rings is 2. The van der Waals surface area contributed by atoms with Crippen molar-refractivity contribution < 1.29 is 41.0 Å². The van der Waals surface area contributed by atoms with Gasteiger partial charge in [-0.3, -0.25) is 4.79 Å². The van der Waals surface area contributed by atoms with E-state index in [-0.39, 0.29) is 30.4 Å². The van der Waals surface area contributed by atoms with Gasteiger partial charge in [-0.05, 0) is 51.8 Å². The van der Waals surface area contributed by atoms with E-state index in [1.807, 2.05) is 0 Å². The van der Waals surface area contributed by atoms with E-state index in [0.29, 0.717) is 5.56 Å². The number of rotatable bonds is 6. The first-order chi connectivity index (χ1) is 17.5. The first-order valence-electron chi connectivity index (χ1n) is 11.6. The molecule has 2 aromatic rings. The van der Waals surface area contributed by atoms with Crippen LogP contribution < -0.4 is 15.4 Å². The average molecular weight is 546 g/mol. The zero-order valence-corrected chi connectivity index (χ0v) is 21.2. The number of ether oxygens (including phenoxy) is 2. The number of aromatic nitrogens is 2. The minimum Gasteiger partial charge on any atom is -0.447 e. The Kier molecular flexibility index (Phi) is 8.32. The van der Waals surface area contributed by atoms with E-state index in [4.69, 9.17) is 4.74 Å². The van der Waals surface area contributed by atoms with Gasteiger partial charge in [-0.2, -0.15) is 0 Å². The maximum atomic E-state index is 14.3. The minimum atomic E-state index is -4.90. The summed E-state index contributed by atoms with van der Waals surface area (Å²) in [6.07, 6.45) is -5.15. The summed E-state index contributed by atoms with van der Waals surface area (Å²) in [4.78, 5) is 34.5. The highest BCUT2D eigenvalue weighted by molar-refractivity contribution is 5.94. The quantitative estimate of drug-likeness (QED) is 0.481. The molecule has 1 aliphatic rings. The number of nitrogens with zero attached hydrogens (tertiary/aromatic N) is 3. The number of carbonyl (C=O) groups is 2. The van der Waals surface area contributed by atoms with Gasteiger partial charge in [-0.1, -0.05) is 6.07 Å². The smallest absolute Gasteiger partial charge is 0.447 e. The molecule has 0 aliphatic carbocycles.